The molecule has 4 rings (SSSR count). The minimum atomic E-state index is -0.287. The van der Waals surface area contributed by atoms with Crippen LogP contribution in [0.3, 0.4) is 0 Å². The Morgan fingerprint density at radius 3 is 2.38 bits per heavy atom. The van der Waals surface area contributed by atoms with Gasteiger partial charge in [-0.05, 0) is 85.0 Å². The molecule has 0 amide bonds. The number of nitrogens with one attached hydrogen (secondary N) is 2. The molecule has 3 aromatic heterocycles. The van der Waals surface area contributed by atoms with Gasteiger partial charge in [0.05, 0.1) is 0 Å². The van der Waals surface area contributed by atoms with Crippen LogP contribution in [0.15, 0.2) is 67.1 Å². The SMILES string of the molecule is C/C(=C\c1ccnc(NCc2ccc(-c3ccnc(C)c3)c(F)c2)c1C=N)c1ccnc(C)c1. The van der Waals surface area contributed by atoms with Crippen molar-refractivity contribution in [3.05, 3.63) is 107 Å². The monoisotopic (exact) mass is 451 g/mol. The van der Waals surface area contributed by atoms with Crippen molar-refractivity contribution in [2.24, 2.45) is 0 Å². The van der Waals surface area contributed by atoms with E-state index in [1.807, 2.05) is 57.2 Å². The summed E-state index contributed by atoms with van der Waals surface area (Å²) in [5.41, 5.74) is 7.63. The van der Waals surface area contributed by atoms with Gasteiger partial charge < -0.3 is 10.7 Å². The molecule has 3 heterocycles. The van der Waals surface area contributed by atoms with Crippen LogP contribution in [-0.4, -0.2) is 21.2 Å². The van der Waals surface area contributed by atoms with Gasteiger partial charge in [-0.3, -0.25) is 9.97 Å². The highest BCUT2D eigenvalue weighted by atomic mass is 19.1. The second-order valence-corrected chi connectivity index (χ2v) is 8.17. The van der Waals surface area contributed by atoms with Crippen LogP contribution < -0.4 is 5.32 Å². The summed E-state index contributed by atoms with van der Waals surface area (Å²) in [5.74, 6) is 0.293. The quantitative estimate of drug-likeness (QED) is 0.316. The fourth-order valence-corrected chi connectivity index (χ4v) is 3.82. The molecule has 0 aliphatic rings. The molecule has 0 fully saturated rings. The molecular formula is C28H26FN5. The van der Waals surface area contributed by atoms with Crippen molar-refractivity contribution in [1.29, 1.82) is 5.41 Å². The van der Waals surface area contributed by atoms with Gasteiger partial charge in [0.25, 0.3) is 0 Å². The molecule has 4 aromatic rings. The summed E-state index contributed by atoms with van der Waals surface area (Å²) in [4.78, 5) is 12.8. The number of aryl methyl sites for hydroxylation is 2. The summed E-state index contributed by atoms with van der Waals surface area (Å²) < 4.78 is 14.8. The minimum absolute atomic E-state index is 0.287. The van der Waals surface area contributed by atoms with Gasteiger partial charge in [-0.1, -0.05) is 18.2 Å². The third kappa shape index (κ3) is 5.23. The van der Waals surface area contributed by atoms with Gasteiger partial charge in [0.15, 0.2) is 0 Å². The van der Waals surface area contributed by atoms with Gasteiger partial charge in [0.1, 0.15) is 11.6 Å². The highest BCUT2D eigenvalue weighted by Crippen LogP contribution is 2.25. The van der Waals surface area contributed by atoms with E-state index in [9.17, 15) is 4.39 Å². The molecule has 6 heteroatoms. The van der Waals surface area contributed by atoms with E-state index in [2.05, 4.69) is 20.3 Å². The lowest BCUT2D eigenvalue weighted by atomic mass is 10.0. The molecule has 0 atom stereocenters. The zero-order chi connectivity index (χ0) is 24.1. The summed E-state index contributed by atoms with van der Waals surface area (Å²) in [7, 11) is 0. The first-order valence-electron chi connectivity index (χ1n) is 11.0. The van der Waals surface area contributed by atoms with Gasteiger partial charge in [-0.15, -0.1) is 0 Å². The number of allylic oxidation sites excluding steroid dienone is 1. The molecule has 1 aromatic carbocycles. The maximum Gasteiger partial charge on any atom is 0.135 e. The standard InChI is InChI=1S/C28H26FN5/c1-18(22-6-9-31-19(2)13-22)12-23-8-11-33-28(26(23)16-30)34-17-21-4-5-25(27(29)15-21)24-7-10-32-20(3)14-24/h4-16,30H,17H2,1-3H3,(H,33,34)/b18-12+,30-16?. The maximum atomic E-state index is 14.8. The lowest BCUT2D eigenvalue weighted by Crippen LogP contribution is -2.06. The van der Waals surface area contributed by atoms with Crippen LogP contribution in [0.4, 0.5) is 10.2 Å². The third-order valence-corrected chi connectivity index (χ3v) is 5.59. The second kappa shape index (κ2) is 10.2. The number of hydrogen-bond acceptors (Lipinski definition) is 5. The Hall–Kier alpha value is -4.19. The van der Waals surface area contributed by atoms with E-state index in [1.165, 1.54) is 12.3 Å². The number of hydrogen-bond donors (Lipinski definition) is 2. The number of rotatable bonds is 7. The first kappa shape index (κ1) is 23.0. The lowest BCUT2D eigenvalue weighted by Gasteiger charge is -2.12. The van der Waals surface area contributed by atoms with E-state index in [4.69, 9.17) is 5.41 Å². The number of benzene rings is 1. The van der Waals surface area contributed by atoms with Crippen molar-refractivity contribution >= 4 is 23.7 Å². The zero-order valence-electron chi connectivity index (χ0n) is 19.4. The average Bonchev–Trinajstić information content (AvgIpc) is 2.83. The largest absolute Gasteiger partial charge is 0.365 e. The van der Waals surface area contributed by atoms with Crippen LogP contribution >= 0.6 is 0 Å². The number of nitrogens with zero attached hydrogens (tertiary/aromatic N) is 3. The Labute approximate surface area is 199 Å². The van der Waals surface area contributed by atoms with Crippen LogP contribution in [-0.2, 0) is 6.54 Å². The van der Waals surface area contributed by atoms with E-state index < -0.39 is 0 Å². The van der Waals surface area contributed by atoms with E-state index in [1.54, 1.807) is 30.7 Å². The predicted molar refractivity (Wildman–Crippen MR) is 136 cm³/mol. The average molecular weight is 452 g/mol. The van der Waals surface area contributed by atoms with Crippen LogP contribution in [0.1, 0.15) is 40.6 Å². The maximum absolute atomic E-state index is 14.8. The van der Waals surface area contributed by atoms with Crippen molar-refractivity contribution < 1.29 is 4.39 Å². The van der Waals surface area contributed by atoms with E-state index in [-0.39, 0.29) is 5.82 Å². The van der Waals surface area contributed by atoms with Crippen LogP contribution in [0, 0.1) is 25.1 Å². The lowest BCUT2D eigenvalue weighted by molar-refractivity contribution is 0.629. The van der Waals surface area contributed by atoms with Crippen molar-refractivity contribution in [2.45, 2.75) is 27.3 Å². The Bertz CT molecular complexity index is 1380. The summed E-state index contributed by atoms with van der Waals surface area (Å²) in [5, 5.41) is 11.2. The third-order valence-electron chi connectivity index (χ3n) is 5.59. The van der Waals surface area contributed by atoms with Gasteiger partial charge in [0.2, 0.25) is 0 Å². The molecule has 34 heavy (non-hydrogen) atoms. The van der Waals surface area contributed by atoms with Gasteiger partial charge in [-0.25, -0.2) is 9.37 Å². The van der Waals surface area contributed by atoms with E-state index in [0.29, 0.717) is 23.5 Å². The van der Waals surface area contributed by atoms with Gasteiger partial charge in [-0.2, -0.15) is 0 Å². The number of pyridine rings is 3. The number of anilines is 1. The first-order valence-corrected chi connectivity index (χ1v) is 11.0. The van der Waals surface area contributed by atoms with Crippen molar-refractivity contribution in [2.75, 3.05) is 5.32 Å². The number of halogens is 1. The molecule has 0 spiro atoms. The van der Waals surface area contributed by atoms with Crippen molar-refractivity contribution in [3.63, 3.8) is 0 Å². The van der Waals surface area contributed by atoms with Crippen LogP contribution in [0.2, 0.25) is 0 Å². The zero-order valence-corrected chi connectivity index (χ0v) is 19.4. The van der Waals surface area contributed by atoms with Gasteiger partial charge >= 0.3 is 0 Å². The minimum Gasteiger partial charge on any atom is -0.365 e. The molecule has 0 bridgehead atoms. The summed E-state index contributed by atoms with van der Waals surface area (Å²) >= 11 is 0. The summed E-state index contributed by atoms with van der Waals surface area (Å²) in [6.45, 7) is 6.26. The molecule has 0 radical (unpaired) electrons. The normalized spacial score (nSPS) is 11.4. The highest BCUT2D eigenvalue weighted by molar-refractivity contribution is 5.93. The van der Waals surface area contributed by atoms with E-state index in [0.717, 1.165) is 39.2 Å². The first-order chi connectivity index (χ1) is 16.4. The Morgan fingerprint density at radius 2 is 1.68 bits per heavy atom. The van der Waals surface area contributed by atoms with E-state index >= 15 is 0 Å². The Balaban J connectivity index is 1.55. The smallest absolute Gasteiger partial charge is 0.135 e. The predicted octanol–water partition coefficient (Wildman–Crippen LogP) is 6.46. The molecule has 0 saturated heterocycles. The Morgan fingerprint density at radius 1 is 0.941 bits per heavy atom. The van der Waals surface area contributed by atoms with Crippen LogP contribution in [0.5, 0.6) is 0 Å². The molecule has 0 aliphatic carbocycles. The molecule has 0 saturated carbocycles. The molecule has 0 aliphatic heterocycles. The van der Waals surface area contributed by atoms with Gasteiger partial charge in [0, 0.05) is 53.9 Å². The molecule has 170 valence electrons. The van der Waals surface area contributed by atoms with Crippen LogP contribution in [0.25, 0.3) is 22.8 Å². The Kier molecular flexibility index (Phi) is 6.87. The fraction of sp³-hybridized carbons (Fsp3) is 0.143. The number of aromatic nitrogens is 3. The highest BCUT2D eigenvalue weighted by Gasteiger charge is 2.10. The van der Waals surface area contributed by atoms with Crippen molar-refractivity contribution in [3.8, 4) is 11.1 Å². The summed E-state index contributed by atoms with van der Waals surface area (Å²) in [6, 6.07) is 14.8. The topological polar surface area (TPSA) is 74.6 Å². The second-order valence-electron chi connectivity index (χ2n) is 8.17. The molecule has 2 N–H and O–H groups in total. The fourth-order valence-electron chi connectivity index (χ4n) is 3.82. The summed E-state index contributed by atoms with van der Waals surface area (Å²) in [6.07, 6.45) is 8.51. The molecule has 0 unspecified atom stereocenters. The molecular weight excluding hydrogens is 425 g/mol. The molecule has 5 nitrogen and oxygen atoms in total. The van der Waals surface area contributed by atoms with Crippen molar-refractivity contribution in [1.82, 2.24) is 15.0 Å².